The van der Waals surface area contributed by atoms with Gasteiger partial charge in [0, 0.05) is 24.5 Å². The van der Waals surface area contributed by atoms with Crippen LogP contribution in [-0.4, -0.2) is 10.9 Å². The number of anilines is 1. The van der Waals surface area contributed by atoms with Crippen molar-refractivity contribution in [2.24, 2.45) is 0 Å². The van der Waals surface area contributed by atoms with Crippen LogP contribution in [0.15, 0.2) is 42.6 Å². The van der Waals surface area contributed by atoms with E-state index in [2.05, 4.69) is 23.3 Å². The van der Waals surface area contributed by atoms with E-state index in [1.807, 2.05) is 36.5 Å². The molecule has 19 heavy (non-hydrogen) atoms. The van der Waals surface area contributed by atoms with Crippen molar-refractivity contribution in [3.8, 4) is 0 Å². The van der Waals surface area contributed by atoms with E-state index in [1.165, 1.54) is 18.1 Å². The van der Waals surface area contributed by atoms with Gasteiger partial charge in [-0.25, -0.2) is 0 Å². The molecule has 1 heterocycles. The fourth-order valence-electron chi connectivity index (χ4n) is 2.00. The fraction of sp³-hybridized carbons (Fsp3) is 0.250. The maximum atomic E-state index is 10.9. The number of nitrogens with one attached hydrogen (secondary N) is 1. The summed E-state index contributed by atoms with van der Waals surface area (Å²) in [4.78, 5) is 15.3. The van der Waals surface area contributed by atoms with Crippen LogP contribution in [0.4, 0.5) is 5.69 Å². The topological polar surface area (TPSA) is 42.0 Å². The first-order valence-electron chi connectivity index (χ1n) is 6.42. The Morgan fingerprint density at radius 2 is 1.89 bits per heavy atom. The highest BCUT2D eigenvalue weighted by Crippen LogP contribution is 2.12. The Morgan fingerprint density at radius 3 is 2.53 bits per heavy atom. The molecule has 0 saturated heterocycles. The van der Waals surface area contributed by atoms with Gasteiger partial charge in [0.1, 0.15) is 0 Å². The Balaban J connectivity index is 1.97. The molecule has 1 aromatic carbocycles. The fourth-order valence-corrected chi connectivity index (χ4v) is 2.00. The molecule has 0 unspecified atom stereocenters. The molecule has 0 aliphatic carbocycles. The molecule has 2 aromatic rings. The summed E-state index contributed by atoms with van der Waals surface area (Å²) in [5, 5.41) is 2.76. The van der Waals surface area contributed by atoms with Gasteiger partial charge >= 0.3 is 0 Å². The van der Waals surface area contributed by atoms with Crippen molar-refractivity contribution >= 4 is 11.6 Å². The van der Waals surface area contributed by atoms with Crippen LogP contribution in [0.25, 0.3) is 0 Å². The van der Waals surface area contributed by atoms with Gasteiger partial charge in [-0.1, -0.05) is 18.2 Å². The summed E-state index contributed by atoms with van der Waals surface area (Å²) in [5.41, 5.74) is 4.47. The predicted octanol–water partition coefficient (Wildman–Crippen LogP) is 3.13. The Hall–Kier alpha value is -2.16. The van der Waals surface area contributed by atoms with E-state index in [0.29, 0.717) is 0 Å². The SMILES string of the molecule is CC(=O)Nc1ccc(CCc2ncccc2C)cc1. The molecular formula is C16H18N2O. The van der Waals surface area contributed by atoms with Crippen LogP contribution in [-0.2, 0) is 17.6 Å². The number of benzene rings is 1. The highest BCUT2D eigenvalue weighted by atomic mass is 16.1. The van der Waals surface area contributed by atoms with Crippen molar-refractivity contribution in [1.29, 1.82) is 0 Å². The first-order valence-corrected chi connectivity index (χ1v) is 6.42. The molecule has 0 bridgehead atoms. The lowest BCUT2D eigenvalue weighted by Crippen LogP contribution is -2.05. The monoisotopic (exact) mass is 254 g/mol. The summed E-state index contributed by atoms with van der Waals surface area (Å²) in [6, 6.07) is 12.0. The van der Waals surface area contributed by atoms with E-state index in [1.54, 1.807) is 0 Å². The molecule has 0 fully saturated rings. The Kier molecular flexibility index (Phi) is 4.29. The Labute approximate surface area is 113 Å². The molecule has 3 heteroatoms. The van der Waals surface area contributed by atoms with Crippen LogP contribution < -0.4 is 5.32 Å². The normalized spacial score (nSPS) is 10.2. The van der Waals surface area contributed by atoms with Crippen LogP contribution in [0, 0.1) is 6.92 Å². The number of hydrogen-bond acceptors (Lipinski definition) is 2. The van der Waals surface area contributed by atoms with Gasteiger partial charge in [-0.15, -0.1) is 0 Å². The third kappa shape index (κ3) is 3.91. The molecule has 0 saturated carbocycles. The minimum absolute atomic E-state index is 0.0446. The number of aromatic nitrogens is 1. The summed E-state index contributed by atoms with van der Waals surface area (Å²) in [6.45, 7) is 3.60. The Bertz CT molecular complexity index is 561. The van der Waals surface area contributed by atoms with Crippen molar-refractivity contribution in [3.63, 3.8) is 0 Å². The molecule has 3 nitrogen and oxygen atoms in total. The zero-order valence-corrected chi connectivity index (χ0v) is 11.3. The number of aryl methyl sites for hydroxylation is 3. The summed E-state index contributed by atoms with van der Waals surface area (Å²) >= 11 is 0. The minimum atomic E-state index is -0.0446. The number of amides is 1. The summed E-state index contributed by atoms with van der Waals surface area (Å²) in [7, 11) is 0. The smallest absolute Gasteiger partial charge is 0.221 e. The van der Waals surface area contributed by atoms with Crippen molar-refractivity contribution < 1.29 is 4.79 Å². The molecular weight excluding hydrogens is 236 g/mol. The van der Waals surface area contributed by atoms with E-state index in [9.17, 15) is 4.79 Å². The maximum absolute atomic E-state index is 10.9. The average Bonchev–Trinajstić information content (AvgIpc) is 2.39. The van der Waals surface area contributed by atoms with E-state index in [4.69, 9.17) is 0 Å². The maximum Gasteiger partial charge on any atom is 0.221 e. The summed E-state index contributed by atoms with van der Waals surface area (Å²) in [5.74, 6) is -0.0446. The van der Waals surface area contributed by atoms with E-state index in [0.717, 1.165) is 24.2 Å². The molecule has 98 valence electrons. The standard InChI is InChI=1S/C16H18N2O/c1-12-4-3-11-17-16(12)10-7-14-5-8-15(9-6-14)18-13(2)19/h3-6,8-9,11H,7,10H2,1-2H3,(H,18,19). The van der Waals surface area contributed by atoms with Crippen LogP contribution in [0.3, 0.4) is 0 Å². The second-order valence-electron chi connectivity index (χ2n) is 4.65. The molecule has 0 atom stereocenters. The minimum Gasteiger partial charge on any atom is -0.326 e. The van der Waals surface area contributed by atoms with Gasteiger partial charge in [-0.2, -0.15) is 0 Å². The van der Waals surface area contributed by atoms with Gasteiger partial charge in [0.15, 0.2) is 0 Å². The number of carbonyl (C=O) groups is 1. The number of carbonyl (C=O) groups excluding carboxylic acids is 1. The summed E-state index contributed by atoms with van der Waals surface area (Å²) in [6.07, 6.45) is 3.73. The number of nitrogens with zero attached hydrogens (tertiary/aromatic N) is 1. The largest absolute Gasteiger partial charge is 0.326 e. The zero-order valence-electron chi connectivity index (χ0n) is 11.3. The molecule has 1 aromatic heterocycles. The number of hydrogen-bond donors (Lipinski definition) is 1. The lowest BCUT2D eigenvalue weighted by molar-refractivity contribution is -0.114. The second kappa shape index (κ2) is 6.14. The quantitative estimate of drug-likeness (QED) is 0.910. The van der Waals surface area contributed by atoms with Gasteiger partial charge in [0.2, 0.25) is 5.91 Å². The molecule has 0 aliphatic rings. The highest BCUT2D eigenvalue weighted by molar-refractivity contribution is 5.88. The Morgan fingerprint density at radius 1 is 1.16 bits per heavy atom. The zero-order chi connectivity index (χ0) is 13.7. The van der Waals surface area contributed by atoms with Crippen molar-refractivity contribution in [2.45, 2.75) is 26.7 Å². The second-order valence-corrected chi connectivity index (χ2v) is 4.65. The van der Waals surface area contributed by atoms with Crippen LogP contribution >= 0.6 is 0 Å². The van der Waals surface area contributed by atoms with Crippen LogP contribution in [0.2, 0.25) is 0 Å². The summed E-state index contributed by atoms with van der Waals surface area (Å²) < 4.78 is 0. The molecule has 0 radical (unpaired) electrons. The van der Waals surface area contributed by atoms with E-state index < -0.39 is 0 Å². The average molecular weight is 254 g/mol. The first kappa shape index (κ1) is 13.3. The van der Waals surface area contributed by atoms with Gasteiger partial charge in [0.05, 0.1) is 0 Å². The molecule has 2 rings (SSSR count). The van der Waals surface area contributed by atoms with E-state index in [-0.39, 0.29) is 5.91 Å². The number of rotatable bonds is 4. The third-order valence-corrected chi connectivity index (χ3v) is 3.04. The predicted molar refractivity (Wildman–Crippen MR) is 77.1 cm³/mol. The lowest BCUT2D eigenvalue weighted by Gasteiger charge is -2.06. The third-order valence-electron chi connectivity index (χ3n) is 3.04. The molecule has 0 aliphatic heterocycles. The van der Waals surface area contributed by atoms with Crippen LogP contribution in [0.5, 0.6) is 0 Å². The molecule has 1 N–H and O–H groups in total. The van der Waals surface area contributed by atoms with E-state index >= 15 is 0 Å². The lowest BCUT2D eigenvalue weighted by atomic mass is 10.1. The molecule has 0 spiro atoms. The highest BCUT2D eigenvalue weighted by Gasteiger charge is 2.01. The van der Waals surface area contributed by atoms with Crippen molar-refractivity contribution in [2.75, 3.05) is 5.32 Å². The molecule has 1 amide bonds. The van der Waals surface area contributed by atoms with Gasteiger partial charge in [-0.05, 0) is 49.1 Å². The van der Waals surface area contributed by atoms with Crippen LogP contribution in [0.1, 0.15) is 23.7 Å². The van der Waals surface area contributed by atoms with Gasteiger partial charge < -0.3 is 5.32 Å². The van der Waals surface area contributed by atoms with Crippen molar-refractivity contribution in [1.82, 2.24) is 4.98 Å². The van der Waals surface area contributed by atoms with Gasteiger partial charge in [-0.3, -0.25) is 9.78 Å². The van der Waals surface area contributed by atoms with Gasteiger partial charge in [0.25, 0.3) is 0 Å². The first-order chi connectivity index (χ1) is 9.15. The number of pyridine rings is 1. The van der Waals surface area contributed by atoms with Crippen molar-refractivity contribution in [3.05, 3.63) is 59.4 Å².